The fourth-order valence-electron chi connectivity index (χ4n) is 1.99. The lowest BCUT2D eigenvalue weighted by molar-refractivity contribution is -0.140. The lowest BCUT2D eigenvalue weighted by Gasteiger charge is -2.49. The zero-order chi connectivity index (χ0) is 11.7. The van der Waals surface area contributed by atoms with Crippen LogP contribution in [0.5, 0.6) is 0 Å². The fraction of sp³-hybridized carbons (Fsp3) is 0.917. The van der Waals surface area contributed by atoms with E-state index < -0.39 is 0 Å². The van der Waals surface area contributed by atoms with Gasteiger partial charge in [-0.2, -0.15) is 0 Å². The van der Waals surface area contributed by atoms with Gasteiger partial charge in [-0.3, -0.25) is 4.79 Å². The molecule has 1 saturated heterocycles. The Hall–Kier alpha value is -0.570. The Morgan fingerprint density at radius 1 is 1.33 bits per heavy atom. The van der Waals surface area contributed by atoms with Crippen molar-refractivity contribution in [3.63, 3.8) is 0 Å². The summed E-state index contributed by atoms with van der Waals surface area (Å²) in [6.07, 6.45) is 1.60. The van der Waals surface area contributed by atoms with Gasteiger partial charge in [0.25, 0.3) is 0 Å². The maximum absolute atomic E-state index is 12.0. The van der Waals surface area contributed by atoms with Crippen LogP contribution < -0.4 is 5.32 Å². The summed E-state index contributed by atoms with van der Waals surface area (Å²) in [6.45, 7) is 12.3. The molecular formula is C12H24N2O. The van der Waals surface area contributed by atoms with E-state index in [1.807, 2.05) is 4.90 Å². The Kier molecular flexibility index (Phi) is 3.44. The van der Waals surface area contributed by atoms with Gasteiger partial charge in [-0.25, -0.2) is 0 Å². The highest BCUT2D eigenvalue weighted by molar-refractivity contribution is 5.77. The first-order valence-corrected chi connectivity index (χ1v) is 5.84. The zero-order valence-corrected chi connectivity index (χ0v) is 10.7. The van der Waals surface area contributed by atoms with E-state index in [-0.39, 0.29) is 17.0 Å². The summed E-state index contributed by atoms with van der Waals surface area (Å²) in [5.74, 6) is 0.289. The van der Waals surface area contributed by atoms with E-state index in [0.29, 0.717) is 6.42 Å². The standard InChI is InChI=1S/C12H24N2O/c1-6-7-10(15)14-9-11(2,3)13-8-12(14,4)5/h13H,6-9H2,1-5H3. The molecule has 0 aromatic carbocycles. The number of amides is 1. The van der Waals surface area contributed by atoms with Gasteiger partial charge in [0.2, 0.25) is 5.91 Å². The summed E-state index contributed by atoms with van der Waals surface area (Å²) >= 11 is 0. The normalized spacial score (nSPS) is 23.9. The molecule has 0 bridgehead atoms. The van der Waals surface area contributed by atoms with Crippen LogP contribution in [-0.2, 0) is 4.79 Å². The van der Waals surface area contributed by atoms with Crippen LogP contribution in [0, 0.1) is 0 Å². The molecule has 3 nitrogen and oxygen atoms in total. The number of carbonyl (C=O) groups is 1. The first-order chi connectivity index (χ1) is 6.78. The van der Waals surface area contributed by atoms with Gasteiger partial charge in [0, 0.05) is 30.6 Å². The van der Waals surface area contributed by atoms with Gasteiger partial charge in [0.05, 0.1) is 0 Å². The third-order valence-corrected chi connectivity index (χ3v) is 3.05. The third kappa shape index (κ3) is 2.94. The molecule has 1 rings (SSSR count). The molecule has 1 amide bonds. The van der Waals surface area contributed by atoms with Crippen molar-refractivity contribution in [2.24, 2.45) is 0 Å². The van der Waals surface area contributed by atoms with Crippen molar-refractivity contribution < 1.29 is 4.79 Å². The van der Waals surface area contributed by atoms with Crippen LogP contribution in [0.25, 0.3) is 0 Å². The van der Waals surface area contributed by atoms with Gasteiger partial charge in [-0.05, 0) is 34.1 Å². The minimum Gasteiger partial charge on any atom is -0.334 e. The summed E-state index contributed by atoms with van der Waals surface area (Å²) in [7, 11) is 0. The number of piperazine rings is 1. The lowest BCUT2D eigenvalue weighted by atomic mass is 9.91. The van der Waals surface area contributed by atoms with E-state index in [4.69, 9.17) is 0 Å². The Morgan fingerprint density at radius 2 is 1.93 bits per heavy atom. The first-order valence-electron chi connectivity index (χ1n) is 5.84. The van der Waals surface area contributed by atoms with Crippen LogP contribution in [0.2, 0.25) is 0 Å². The highest BCUT2D eigenvalue weighted by Crippen LogP contribution is 2.24. The maximum Gasteiger partial charge on any atom is 0.223 e. The predicted octanol–water partition coefficient (Wildman–Crippen LogP) is 1.78. The number of rotatable bonds is 2. The quantitative estimate of drug-likeness (QED) is 0.756. The molecule has 0 aromatic rings. The lowest BCUT2D eigenvalue weighted by Crippen LogP contribution is -2.67. The van der Waals surface area contributed by atoms with Crippen LogP contribution in [-0.4, -0.2) is 35.0 Å². The van der Waals surface area contributed by atoms with Crippen LogP contribution in [0.3, 0.4) is 0 Å². The molecule has 3 heteroatoms. The van der Waals surface area contributed by atoms with Crippen molar-refractivity contribution in [1.29, 1.82) is 0 Å². The second-order valence-corrected chi connectivity index (χ2v) is 5.78. The summed E-state index contributed by atoms with van der Waals surface area (Å²) < 4.78 is 0. The largest absolute Gasteiger partial charge is 0.334 e. The molecule has 0 saturated carbocycles. The Balaban J connectivity index is 2.77. The molecule has 1 aliphatic rings. The van der Waals surface area contributed by atoms with E-state index in [2.05, 4.69) is 39.9 Å². The molecule has 1 heterocycles. The molecule has 1 N–H and O–H groups in total. The molecule has 0 atom stereocenters. The van der Waals surface area contributed by atoms with Crippen molar-refractivity contribution >= 4 is 5.91 Å². The molecular weight excluding hydrogens is 188 g/mol. The number of hydrogen-bond acceptors (Lipinski definition) is 2. The van der Waals surface area contributed by atoms with Crippen molar-refractivity contribution in [1.82, 2.24) is 10.2 Å². The van der Waals surface area contributed by atoms with E-state index in [1.54, 1.807) is 0 Å². The molecule has 0 aliphatic carbocycles. The molecule has 15 heavy (non-hydrogen) atoms. The highest BCUT2D eigenvalue weighted by atomic mass is 16.2. The van der Waals surface area contributed by atoms with Gasteiger partial charge < -0.3 is 10.2 Å². The van der Waals surface area contributed by atoms with Gasteiger partial charge in [0.15, 0.2) is 0 Å². The smallest absolute Gasteiger partial charge is 0.223 e. The second kappa shape index (κ2) is 4.12. The Labute approximate surface area is 93.2 Å². The van der Waals surface area contributed by atoms with Gasteiger partial charge >= 0.3 is 0 Å². The first kappa shape index (κ1) is 12.5. The number of nitrogens with one attached hydrogen (secondary N) is 1. The molecule has 0 unspecified atom stereocenters. The van der Waals surface area contributed by atoms with Crippen LogP contribution in [0.1, 0.15) is 47.5 Å². The summed E-state index contributed by atoms with van der Waals surface area (Å²) in [5.41, 5.74) is -0.0132. The van der Waals surface area contributed by atoms with Crippen molar-refractivity contribution in [2.75, 3.05) is 13.1 Å². The molecule has 1 aliphatic heterocycles. The van der Waals surface area contributed by atoms with Crippen molar-refractivity contribution in [3.05, 3.63) is 0 Å². The minimum absolute atomic E-state index is 0.0406. The van der Waals surface area contributed by atoms with Gasteiger partial charge in [-0.15, -0.1) is 0 Å². The van der Waals surface area contributed by atoms with Crippen LogP contribution in [0.15, 0.2) is 0 Å². The van der Waals surface area contributed by atoms with Crippen LogP contribution in [0.4, 0.5) is 0 Å². The SMILES string of the molecule is CCCC(=O)N1CC(C)(C)NCC1(C)C. The molecule has 1 fully saturated rings. The predicted molar refractivity (Wildman–Crippen MR) is 62.8 cm³/mol. The van der Waals surface area contributed by atoms with Gasteiger partial charge in [0.1, 0.15) is 0 Å². The Morgan fingerprint density at radius 3 is 2.47 bits per heavy atom. The fourth-order valence-corrected chi connectivity index (χ4v) is 1.99. The number of carbonyl (C=O) groups excluding carboxylic acids is 1. The highest BCUT2D eigenvalue weighted by Gasteiger charge is 2.39. The molecule has 0 radical (unpaired) electrons. The van der Waals surface area contributed by atoms with E-state index >= 15 is 0 Å². The van der Waals surface area contributed by atoms with Crippen molar-refractivity contribution in [3.8, 4) is 0 Å². The summed E-state index contributed by atoms with van der Waals surface area (Å²) in [4.78, 5) is 14.0. The van der Waals surface area contributed by atoms with E-state index in [1.165, 1.54) is 0 Å². The number of nitrogens with zero attached hydrogens (tertiary/aromatic N) is 1. The van der Waals surface area contributed by atoms with E-state index in [9.17, 15) is 4.79 Å². The monoisotopic (exact) mass is 212 g/mol. The average molecular weight is 212 g/mol. The summed E-state index contributed by atoms with van der Waals surface area (Å²) in [5, 5.41) is 3.48. The summed E-state index contributed by atoms with van der Waals surface area (Å²) in [6, 6.07) is 0. The number of hydrogen-bond donors (Lipinski definition) is 1. The van der Waals surface area contributed by atoms with Crippen molar-refractivity contribution in [2.45, 2.75) is 58.5 Å². The zero-order valence-electron chi connectivity index (χ0n) is 10.7. The van der Waals surface area contributed by atoms with E-state index in [0.717, 1.165) is 19.5 Å². The molecule has 88 valence electrons. The topological polar surface area (TPSA) is 32.3 Å². The Bertz CT molecular complexity index is 246. The third-order valence-electron chi connectivity index (χ3n) is 3.05. The van der Waals surface area contributed by atoms with Crippen LogP contribution >= 0.6 is 0 Å². The second-order valence-electron chi connectivity index (χ2n) is 5.78. The van der Waals surface area contributed by atoms with Gasteiger partial charge in [-0.1, -0.05) is 6.92 Å². The molecule has 0 spiro atoms. The average Bonchev–Trinajstić information content (AvgIpc) is 2.10. The maximum atomic E-state index is 12.0. The molecule has 0 aromatic heterocycles. The minimum atomic E-state index is -0.0538.